The largest absolute Gasteiger partial charge is 0.397 e. The first kappa shape index (κ1) is 17.5. The summed E-state index contributed by atoms with van der Waals surface area (Å²) in [5.74, 6) is -0.827. The van der Waals surface area contributed by atoms with Crippen LogP contribution >= 0.6 is 0 Å². The summed E-state index contributed by atoms with van der Waals surface area (Å²) in [6, 6.07) is 8.20. The molecule has 0 aliphatic heterocycles. The SMILES string of the molecule is CCCC[C@H](NC(=O)c1ccc(-c2cncc(N)c2)cc1)C(N)=O. The third-order valence-electron chi connectivity index (χ3n) is 3.73. The molecule has 24 heavy (non-hydrogen) atoms. The molecule has 0 saturated carbocycles. The fourth-order valence-corrected chi connectivity index (χ4v) is 2.37. The summed E-state index contributed by atoms with van der Waals surface area (Å²) in [7, 11) is 0. The van der Waals surface area contributed by atoms with Crippen LogP contribution in [0.4, 0.5) is 5.69 Å². The van der Waals surface area contributed by atoms with Gasteiger partial charge in [0, 0.05) is 23.5 Å². The van der Waals surface area contributed by atoms with Gasteiger partial charge in [-0.1, -0.05) is 31.9 Å². The van der Waals surface area contributed by atoms with E-state index in [1.165, 1.54) is 0 Å². The highest BCUT2D eigenvalue weighted by Gasteiger charge is 2.18. The fourth-order valence-electron chi connectivity index (χ4n) is 2.37. The molecule has 1 atom stereocenters. The van der Waals surface area contributed by atoms with Crippen molar-refractivity contribution in [2.45, 2.75) is 32.2 Å². The number of unbranched alkanes of at least 4 members (excludes halogenated alkanes) is 1. The van der Waals surface area contributed by atoms with Crippen LogP contribution in [0.25, 0.3) is 11.1 Å². The first-order chi connectivity index (χ1) is 11.5. The number of nitrogen functional groups attached to an aromatic ring is 1. The minimum atomic E-state index is -0.643. The number of amides is 2. The molecule has 0 unspecified atom stereocenters. The molecule has 0 spiro atoms. The average molecular weight is 326 g/mol. The molecule has 0 radical (unpaired) electrons. The molecule has 0 fully saturated rings. The van der Waals surface area contributed by atoms with Crippen molar-refractivity contribution in [2.75, 3.05) is 5.73 Å². The fraction of sp³-hybridized carbons (Fsp3) is 0.278. The second-order valence-corrected chi connectivity index (χ2v) is 5.65. The maximum absolute atomic E-state index is 12.3. The van der Waals surface area contributed by atoms with Crippen molar-refractivity contribution in [3.05, 3.63) is 48.3 Å². The van der Waals surface area contributed by atoms with Gasteiger partial charge in [0.15, 0.2) is 0 Å². The van der Waals surface area contributed by atoms with Gasteiger partial charge in [-0.15, -0.1) is 0 Å². The molecule has 6 heteroatoms. The van der Waals surface area contributed by atoms with Crippen molar-refractivity contribution in [3.8, 4) is 11.1 Å². The van der Waals surface area contributed by atoms with E-state index in [1.807, 2.05) is 25.1 Å². The van der Waals surface area contributed by atoms with Gasteiger partial charge in [-0.2, -0.15) is 0 Å². The molecule has 5 N–H and O–H groups in total. The lowest BCUT2D eigenvalue weighted by Gasteiger charge is -2.15. The summed E-state index contributed by atoms with van der Waals surface area (Å²) in [5.41, 5.74) is 13.9. The number of pyridine rings is 1. The average Bonchev–Trinajstić information content (AvgIpc) is 2.58. The minimum Gasteiger partial charge on any atom is -0.397 e. The van der Waals surface area contributed by atoms with Crippen LogP contribution < -0.4 is 16.8 Å². The summed E-state index contributed by atoms with van der Waals surface area (Å²) in [4.78, 5) is 27.8. The number of primary amides is 1. The summed E-state index contributed by atoms with van der Waals surface area (Å²) in [5, 5.41) is 2.69. The van der Waals surface area contributed by atoms with Gasteiger partial charge in [0.1, 0.15) is 6.04 Å². The number of nitrogens with one attached hydrogen (secondary N) is 1. The maximum Gasteiger partial charge on any atom is 0.251 e. The third-order valence-corrected chi connectivity index (χ3v) is 3.73. The van der Waals surface area contributed by atoms with E-state index in [2.05, 4.69) is 10.3 Å². The summed E-state index contributed by atoms with van der Waals surface area (Å²) in [6.07, 6.45) is 5.59. The Morgan fingerprint density at radius 2 is 1.88 bits per heavy atom. The second kappa shape index (κ2) is 8.10. The highest BCUT2D eigenvalue weighted by atomic mass is 16.2. The molecule has 1 heterocycles. The molecular weight excluding hydrogens is 304 g/mol. The van der Waals surface area contributed by atoms with Gasteiger partial charge in [0.25, 0.3) is 5.91 Å². The number of hydrogen-bond acceptors (Lipinski definition) is 4. The highest BCUT2D eigenvalue weighted by Crippen LogP contribution is 2.20. The number of carbonyl (C=O) groups excluding carboxylic acids is 2. The lowest BCUT2D eigenvalue weighted by molar-refractivity contribution is -0.120. The quantitative estimate of drug-likeness (QED) is 0.723. The topological polar surface area (TPSA) is 111 Å². The van der Waals surface area contributed by atoms with Gasteiger partial charge in [-0.3, -0.25) is 14.6 Å². The van der Waals surface area contributed by atoms with Crippen LogP contribution in [-0.4, -0.2) is 22.8 Å². The Hall–Kier alpha value is -2.89. The van der Waals surface area contributed by atoms with Gasteiger partial charge in [-0.25, -0.2) is 0 Å². The minimum absolute atomic E-state index is 0.313. The molecule has 0 aliphatic rings. The van der Waals surface area contributed by atoms with E-state index < -0.39 is 11.9 Å². The van der Waals surface area contributed by atoms with E-state index in [1.54, 1.807) is 24.5 Å². The van der Waals surface area contributed by atoms with Gasteiger partial charge in [-0.05, 0) is 30.2 Å². The molecule has 1 aromatic heterocycles. The van der Waals surface area contributed by atoms with E-state index in [0.29, 0.717) is 17.7 Å². The summed E-state index contributed by atoms with van der Waals surface area (Å²) >= 11 is 0. The number of nitrogens with zero attached hydrogens (tertiary/aromatic N) is 1. The van der Waals surface area contributed by atoms with Gasteiger partial charge in [0.2, 0.25) is 5.91 Å². The van der Waals surface area contributed by atoms with Crippen molar-refractivity contribution in [2.24, 2.45) is 5.73 Å². The number of nitrogens with two attached hydrogens (primary N) is 2. The van der Waals surface area contributed by atoms with E-state index in [4.69, 9.17) is 11.5 Å². The molecule has 2 aromatic rings. The van der Waals surface area contributed by atoms with Gasteiger partial charge >= 0.3 is 0 Å². The van der Waals surface area contributed by atoms with Crippen molar-refractivity contribution < 1.29 is 9.59 Å². The smallest absolute Gasteiger partial charge is 0.251 e. The molecule has 0 aliphatic carbocycles. The Labute approximate surface area is 141 Å². The number of rotatable bonds is 7. The van der Waals surface area contributed by atoms with Crippen LogP contribution in [0.2, 0.25) is 0 Å². The van der Waals surface area contributed by atoms with E-state index in [0.717, 1.165) is 24.0 Å². The van der Waals surface area contributed by atoms with Gasteiger partial charge in [0.05, 0.1) is 5.69 Å². The van der Waals surface area contributed by atoms with Crippen molar-refractivity contribution in [1.29, 1.82) is 0 Å². The van der Waals surface area contributed by atoms with Crippen molar-refractivity contribution >= 4 is 17.5 Å². The Bertz CT molecular complexity index is 713. The van der Waals surface area contributed by atoms with E-state index in [-0.39, 0.29) is 5.91 Å². The zero-order valence-electron chi connectivity index (χ0n) is 13.7. The third kappa shape index (κ3) is 4.55. The zero-order chi connectivity index (χ0) is 17.5. The monoisotopic (exact) mass is 326 g/mol. The lowest BCUT2D eigenvalue weighted by atomic mass is 10.0. The Kier molecular flexibility index (Phi) is 5.89. The second-order valence-electron chi connectivity index (χ2n) is 5.65. The van der Waals surface area contributed by atoms with E-state index >= 15 is 0 Å². The Balaban J connectivity index is 2.09. The Morgan fingerprint density at radius 3 is 2.46 bits per heavy atom. The number of aromatic nitrogens is 1. The predicted octanol–water partition coefficient (Wildman–Crippen LogP) is 2.10. The van der Waals surface area contributed by atoms with Crippen LogP contribution in [-0.2, 0) is 4.79 Å². The summed E-state index contributed by atoms with van der Waals surface area (Å²) in [6.45, 7) is 2.02. The number of carbonyl (C=O) groups is 2. The molecule has 126 valence electrons. The number of hydrogen-bond donors (Lipinski definition) is 3. The van der Waals surface area contributed by atoms with Crippen LogP contribution in [0.1, 0.15) is 36.5 Å². The Morgan fingerprint density at radius 1 is 1.17 bits per heavy atom. The number of anilines is 1. The molecule has 0 bridgehead atoms. The maximum atomic E-state index is 12.3. The normalized spacial score (nSPS) is 11.7. The zero-order valence-corrected chi connectivity index (χ0v) is 13.7. The molecule has 0 saturated heterocycles. The summed E-state index contributed by atoms with van der Waals surface area (Å²) < 4.78 is 0. The van der Waals surface area contributed by atoms with Crippen LogP contribution in [0, 0.1) is 0 Å². The van der Waals surface area contributed by atoms with Crippen LogP contribution in [0.5, 0.6) is 0 Å². The lowest BCUT2D eigenvalue weighted by Crippen LogP contribution is -2.44. The highest BCUT2D eigenvalue weighted by molar-refractivity contribution is 5.97. The first-order valence-corrected chi connectivity index (χ1v) is 7.92. The van der Waals surface area contributed by atoms with Crippen molar-refractivity contribution in [3.63, 3.8) is 0 Å². The first-order valence-electron chi connectivity index (χ1n) is 7.92. The molecule has 1 aromatic carbocycles. The standard InChI is InChI=1S/C18H22N4O2/c1-2-3-4-16(17(20)23)22-18(24)13-7-5-12(6-8-13)14-9-15(19)11-21-10-14/h5-11,16H,2-4,19H2,1H3,(H2,20,23)(H,22,24)/t16-/m0/s1. The van der Waals surface area contributed by atoms with Crippen LogP contribution in [0.15, 0.2) is 42.7 Å². The molecular formula is C18H22N4O2. The number of benzene rings is 1. The van der Waals surface area contributed by atoms with Crippen LogP contribution in [0.3, 0.4) is 0 Å². The predicted molar refractivity (Wildman–Crippen MR) is 94.1 cm³/mol. The van der Waals surface area contributed by atoms with Crippen molar-refractivity contribution in [1.82, 2.24) is 10.3 Å². The molecule has 2 rings (SSSR count). The molecule has 2 amide bonds. The van der Waals surface area contributed by atoms with E-state index in [9.17, 15) is 9.59 Å². The molecule has 6 nitrogen and oxygen atoms in total. The van der Waals surface area contributed by atoms with Gasteiger partial charge < -0.3 is 16.8 Å².